The summed E-state index contributed by atoms with van der Waals surface area (Å²) < 4.78 is 3.74. The highest BCUT2D eigenvalue weighted by atomic mass is 16.2. The molecule has 0 saturated carbocycles. The minimum atomic E-state index is -0.466. The van der Waals surface area contributed by atoms with E-state index in [9.17, 15) is 14.4 Å². The molecule has 2 aromatic heterocycles. The lowest BCUT2D eigenvalue weighted by molar-refractivity contribution is -0.121. The molecule has 120 valence electrons. The van der Waals surface area contributed by atoms with Crippen LogP contribution in [0.4, 0.5) is 0 Å². The number of fused-ring (bicyclic) bond motifs is 1. The molecule has 1 amide bonds. The molecule has 2 heterocycles. The lowest BCUT2D eigenvalue weighted by Gasteiger charge is -2.12. The van der Waals surface area contributed by atoms with Crippen molar-refractivity contribution in [1.82, 2.24) is 29.3 Å². The van der Waals surface area contributed by atoms with Gasteiger partial charge < -0.3 is 15.2 Å². The maximum Gasteiger partial charge on any atom is 0.332 e. The molecule has 2 N–H and O–H groups in total. The SMILES string of the molecule is CNC(C)CNC(=O)Cn1cnc2c1c(=O)n(C)c(=O)n2C. The zero-order valence-electron chi connectivity index (χ0n) is 13.1. The van der Waals surface area contributed by atoms with Crippen LogP contribution in [0.2, 0.25) is 0 Å². The van der Waals surface area contributed by atoms with E-state index in [1.54, 1.807) is 0 Å². The Hall–Kier alpha value is -2.42. The molecule has 2 rings (SSSR count). The highest BCUT2D eigenvalue weighted by Gasteiger charge is 2.15. The first-order valence-corrected chi connectivity index (χ1v) is 6.91. The third-order valence-electron chi connectivity index (χ3n) is 3.63. The van der Waals surface area contributed by atoms with E-state index in [1.165, 1.54) is 29.6 Å². The molecule has 1 unspecified atom stereocenters. The number of imidazole rings is 1. The number of carbonyl (C=O) groups excluding carboxylic acids is 1. The number of nitrogens with zero attached hydrogens (tertiary/aromatic N) is 4. The van der Waals surface area contributed by atoms with E-state index in [4.69, 9.17) is 0 Å². The summed E-state index contributed by atoms with van der Waals surface area (Å²) in [6, 6.07) is 0.150. The van der Waals surface area contributed by atoms with Gasteiger partial charge in [-0.1, -0.05) is 0 Å². The van der Waals surface area contributed by atoms with Gasteiger partial charge in [-0.05, 0) is 14.0 Å². The van der Waals surface area contributed by atoms with Gasteiger partial charge in [-0.3, -0.25) is 18.7 Å². The normalized spacial score (nSPS) is 12.5. The van der Waals surface area contributed by atoms with Crippen molar-refractivity contribution in [2.75, 3.05) is 13.6 Å². The summed E-state index contributed by atoms with van der Waals surface area (Å²) in [5.74, 6) is -0.225. The van der Waals surface area contributed by atoms with Crippen molar-refractivity contribution >= 4 is 17.1 Å². The average Bonchev–Trinajstić information content (AvgIpc) is 2.92. The predicted octanol–water partition coefficient (Wildman–Crippen LogP) is -1.84. The number of likely N-dealkylation sites (N-methyl/N-ethyl adjacent to an activating group) is 1. The minimum absolute atomic E-state index is 0.0274. The van der Waals surface area contributed by atoms with E-state index in [-0.39, 0.29) is 29.7 Å². The number of amides is 1. The molecule has 0 aliphatic carbocycles. The summed E-state index contributed by atoms with van der Waals surface area (Å²) in [4.78, 5) is 40.1. The molecule has 1 atom stereocenters. The molecule has 0 aliphatic heterocycles. The van der Waals surface area contributed by atoms with Crippen LogP contribution >= 0.6 is 0 Å². The number of carbonyl (C=O) groups is 1. The molecule has 2 aromatic rings. The summed E-state index contributed by atoms with van der Waals surface area (Å²) >= 11 is 0. The van der Waals surface area contributed by atoms with Crippen LogP contribution < -0.4 is 21.9 Å². The summed E-state index contributed by atoms with van der Waals surface area (Å²) in [7, 11) is 4.75. The quantitative estimate of drug-likeness (QED) is 0.675. The summed E-state index contributed by atoms with van der Waals surface area (Å²) in [5.41, 5.74) is -0.409. The fourth-order valence-electron chi connectivity index (χ4n) is 2.10. The van der Waals surface area contributed by atoms with E-state index in [1.807, 2.05) is 14.0 Å². The molecule has 0 aliphatic rings. The Morgan fingerprint density at radius 1 is 1.32 bits per heavy atom. The van der Waals surface area contributed by atoms with Crippen LogP contribution in [-0.4, -0.2) is 44.2 Å². The third-order valence-corrected chi connectivity index (χ3v) is 3.63. The van der Waals surface area contributed by atoms with Gasteiger partial charge in [-0.15, -0.1) is 0 Å². The van der Waals surface area contributed by atoms with Crippen molar-refractivity contribution < 1.29 is 4.79 Å². The molecule has 0 saturated heterocycles. The third kappa shape index (κ3) is 2.80. The Kier molecular flexibility index (Phi) is 4.45. The number of nitrogens with one attached hydrogen (secondary N) is 2. The van der Waals surface area contributed by atoms with Gasteiger partial charge in [0.1, 0.15) is 6.54 Å². The first-order valence-electron chi connectivity index (χ1n) is 6.91. The van der Waals surface area contributed by atoms with Crippen molar-refractivity contribution in [2.45, 2.75) is 19.5 Å². The van der Waals surface area contributed by atoms with Crippen LogP contribution in [0.1, 0.15) is 6.92 Å². The largest absolute Gasteiger partial charge is 0.353 e. The number of aromatic nitrogens is 4. The molecular formula is C13H20N6O3. The van der Waals surface area contributed by atoms with E-state index in [0.717, 1.165) is 4.57 Å². The van der Waals surface area contributed by atoms with Crippen molar-refractivity contribution in [1.29, 1.82) is 0 Å². The van der Waals surface area contributed by atoms with E-state index in [2.05, 4.69) is 15.6 Å². The van der Waals surface area contributed by atoms with Gasteiger partial charge in [0.15, 0.2) is 11.2 Å². The number of hydrogen-bond acceptors (Lipinski definition) is 5. The molecule has 0 radical (unpaired) electrons. The molecule has 22 heavy (non-hydrogen) atoms. The second-order valence-electron chi connectivity index (χ2n) is 5.24. The number of hydrogen-bond donors (Lipinski definition) is 2. The monoisotopic (exact) mass is 308 g/mol. The zero-order chi connectivity index (χ0) is 16.4. The maximum absolute atomic E-state index is 12.2. The lowest BCUT2D eigenvalue weighted by atomic mass is 10.3. The van der Waals surface area contributed by atoms with Crippen molar-refractivity contribution in [3.05, 3.63) is 27.2 Å². The fraction of sp³-hybridized carbons (Fsp3) is 0.538. The zero-order valence-corrected chi connectivity index (χ0v) is 13.1. The van der Waals surface area contributed by atoms with Crippen LogP contribution in [0.3, 0.4) is 0 Å². The Labute approximate surface area is 126 Å². The molecule has 0 aromatic carbocycles. The molecule has 0 fully saturated rings. The second kappa shape index (κ2) is 6.14. The Bertz CT molecular complexity index is 816. The minimum Gasteiger partial charge on any atom is -0.353 e. The van der Waals surface area contributed by atoms with Gasteiger partial charge in [0.2, 0.25) is 5.91 Å². The van der Waals surface area contributed by atoms with Gasteiger partial charge in [-0.2, -0.15) is 0 Å². The highest BCUT2D eigenvalue weighted by Crippen LogP contribution is 2.04. The van der Waals surface area contributed by atoms with Gasteiger partial charge in [0.25, 0.3) is 5.56 Å². The molecular weight excluding hydrogens is 288 g/mol. The Morgan fingerprint density at radius 2 is 2.00 bits per heavy atom. The Morgan fingerprint density at radius 3 is 2.64 bits per heavy atom. The van der Waals surface area contributed by atoms with Crippen LogP contribution in [-0.2, 0) is 25.4 Å². The van der Waals surface area contributed by atoms with Crippen LogP contribution in [0.15, 0.2) is 15.9 Å². The summed E-state index contributed by atoms with van der Waals surface area (Å²) in [5, 5.41) is 5.78. The lowest BCUT2D eigenvalue weighted by Crippen LogP contribution is -2.39. The maximum atomic E-state index is 12.2. The molecule has 9 heteroatoms. The summed E-state index contributed by atoms with van der Waals surface area (Å²) in [6.07, 6.45) is 1.40. The van der Waals surface area contributed by atoms with Crippen LogP contribution in [0, 0.1) is 0 Å². The van der Waals surface area contributed by atoms with Gasteiger partial charge in [0, 0.05) is 26.7 Å². The predicted molar refractivity (Wildman–Crippen MR) is 81.7 cm³/mol. The van der Waals surface area contributed by atoms with Crippen LogP contribution in [0.5, 0.6) is 0 Å². The topological polar surface area (TPSA) is 103 Å². The van der Waals surface area contributed by atoms with Gasteiger partial charge in [-0.25, -0.2) is 9.78 Å². The average molecular weight is 308 g/mol. The van der Waals surface area contributed by atoms with E-state index >= 15 is 0 Å². The van der Waals surface area contributed by atoms with Gasteiger partial charge in [0.05, 0.1) is 6.33 Å². The Balaban J connectivity index is 2.32. The van der Waals surface area contributed by atoms with E-state index in [0.29, 0.717) is 6.54 Å². The highest BCUT2D eigenvalue weighted by molar-refractivity contribution is 5.78. The second-order valence-corrected chi connectivity index (χ2v) is 5.24. The molecule has 0 bridgehead atoms. The van der Waals surface area contributed by atoms with Crippen LogP contribution in [0.25, 0.3) is 11.2 Å². The standard InChI is InChI=1S/C13H20N6O3/c1-8(14-2)5-15-9(20)6-19-7-16-11-10(19)12(21)18(4)13(22)17(11)3/h7-8,14H,5-6H2,1-4H3,(H,15,20). The molecule has 9 nitrogen and oxygen atoms in total. The first kappa shape index (κ1) is 16.0. The molecule has 0 spiro atoms. The van der Waals surface area contributed by atoms with Gasteiger partial charge >= 0.3 is 5.69 Å². The van der Waals surface area contributed by atoms with Crippen molar-refractivity contribution in [3.8, 4) is 0 Å². The van der Waals surface area contributed by atoms with E-state index < -0.39 is 11.2 Å². The summed E-state index contributed by atoms with van der Waals surface area (Å²) in [6.45, 7) is 2.40. The smallest absolute Gasteiger partial charge is 0.332 e. The van der Waals surface area contributed by atoms with Crippen molar-refractivity contribution in [3.63, 3.8) is 0 Å². The first-order chi connectivity index (χ1) is 10.4. The van der Waals surface area contributed by atoms with Crippen molar-refractivity contribution in [2.24, 2.45) is 14.1 Å². The fourth-order valence-corrected chi connectivity index (χ4v) is 2.10. The number of aryl methyl sites for hydroxylation is 1. The number of rotatable bonds is 5.